The number of fused-ring (bicyclic) bond motifs is 1. The van der Waals surface area contributed by atoms with Gasteiger partial charge in [-0.3, -0.25) is 9.52 Å². The van der Waals surface area contributed by atoms with Crippen molar-refractivity contribution in [3.05, 3.63) is 89.0 Å². The van der Waals surface area contributed by atoms with Crippen molar-refractivity contribution in [1.29, 1.82) is 0 Å². The monoisotopic (exact) mass is 486 g/mol. The van der Waals surface area contributed by atoms with Crippen molar-refractivity contribution in [2.75, 3.05) is 4.72 Å². The molecule has 0 unspecified atom stereocenters. The van der Waals surface area contributed by atoms with E-state index >= 15 is 0 Å². The zero-order valence-electron chi connectivity index (χ0n) is 17.5. The number of sulfonamides is 1. The van der Waals surface area contributed by atoms with E-state index in [1.165, 1.54) is 18.2 Å². The van der Waals surface area contributed by atoms with Crippen LogP contribution in [0.4, 0.5) is 10.1 Å². The van der Waals surface area contributed by atoms with Crippen LogP contribution in [0.25, 0.3) is 11.0 Å². The molecule has 10 heteroatoms. The minimum atomic E-state index is -4.02. The number of amides is 1. The first-order chi connectivity index (χ1) is 15.8. The number of carbonyl (C=O) groups excluding carboxylic acids is 1. The Morgan fingerprint density at radius 1 is 1.09 bits per heavy atom. The average molecular weight is 487 g/mol. The fraction of sp³-hybridized carbons (Fsp3) is 0.130. The van der Waals surface area contributed by atoms with Crippen molar-refractivity contribution in [2.24, 2.45) is 0 Å². The number of hydrogen-bond acceptors (Lipinski definition) is 4. The van der Waals surface area contributed by atoms with Gasteiger partial charge in [-0.15, -0.1) is 0 Å². The standard InChI is InChI=1S/C23H20ClFN4O3S/c1-2-29-21-6-4-3-5-19(21)27-22(29)14-26-23(30)15-7-12-18(24)20(13-15)28-33(31,32)17-10-8-16(25)9-11-17/h3-13,28H,2,14H2,1H3,(H,26,30). The molecule has 1 heterocycles. The van der Waals surface area contributed by atoms with Crippen LogP contribution in [-0.2, 0) is 23.1 Å². The maximum absolute atomic E-state index is 13.1. The van der Waals surface area contributed by atoms with Gasteiger partial charge in [-0.05, 0) is 61.5 Å². The van der Waals surface area contributed by atoms with Crippen molar-refractivity contribution in [2.45, 2.75) is 24.9 Å². The van der Waals surface area contributed by atoms with E-state index in [4.69, 9.17) is 11.6 Å². The minimum Gasteiger partial charge on any atom is -0.345 e. The van der Waals surface area contributed by atoms with Gasteiger partial charge >= 0.3 is 0 Å². The van der Waals surface area contributed by atoms with Crippen LogP contribution in [0.15, 0.2) is 71.6 Å². The highest BCUT2D eigenvalue weighted by molar-refractivity contribution is 7.92. The molecule has 1 amide bonds. The summed E-state index contributed by atoms with van der Waals surface area (Å²) in [5.74, 6) is -0.260. The smallest absolute Gasteiger partial charge is 0.261 e. The number of para-hydroxylation sites is 2. The van der Waals surface area contributed by atoms with Crippen molar-refractivity contribution in [3.63, 3.8) is 0 Å². The largest absolute Gasteiger partial charge is 0.345 e. The SMILES string of the molecule is CCn1c(CNC(=O)c2ccc(Cl)c(NS(=O)(=O)c3ccc(F)cc3)c2)nc2ccccc21. The number of rotatable bonds is 7. The van der Waals surface area contributed by atoms with E-state index in [-0.39, 0.29) is 27.7 Å². The van der Waals surface area contributed by atoms with Crippen LogP contribution in [0.5, 0.6) is 0 Å². The molecule has 3 aromatic carbocycles. The fourth-order valence-corrected chi connectivity index (χ4v) is 4.73. The Labute approximate surface area is 195 Å². The summed E-state index contributed by atoms with van der Waals surface area (Å²) in [6, 6.07) is 16.4. The van der Waals surface area contributed by atoms with E-state index in [0.717, 1.165) is 35.3 Å². The van der Waals surface area contributed by atoms with Gasteiger partial charge in [-0.1, -0.05) is 23.7 Å². The lowest BCUT2D eigenvalue weighted by atomic mass is 10.2. The lowest BCUT2D eigenvalue weighted by Crippen LogP contribution is -2.25. The summed E-state index contributed by atoms with van der Waals surface area (Å²) in [5.41, 5.74) is 2.07. The second-order valence-electron chi connectivity index (χ2n) is 7.20. The topological polar surface area (TPSA) is 93.1 Å². The number of carbonyl (C=O) groups is 1. The normalized spacial score (nSPS) is 11.5. The van der Waals surface area contributed by atoms with Crippen LogP contribution in [0.2, 0.25) is 5.02 Å². The molecule has 0 radical (unpaired) electrons. The van der Waals surface area contributed by atoms with E-state index < -0.39 is 21.7 Å². The second kappa shape index (κ2) is 9.21. The highest BCUT2D eigenvalue weighted by Gasteiger charge is 2.18. The van der Waals surface area contributed by atoms with Crippen LogP contribution >= 0.6 is 11.6 Å². The first-order valence-electron chi connectivity index (χ1n) is 10.1. The predicted molar refractivity (Wildman–Crippen MR) is 125 cm³/mol. The molecule has 7 nitrogen and oxygen atoms in total. The third-order valence-corrected chi connectivity index (χ3v) is 6.76. The molecule has 4 aromatic rings. The molecule has 4 rings (SSSR count). The molecule has 0 atom stereocenters. The predicted octanol–water partition coefficient (Wildman–Crippen LogP) is 4.58. The molecule has 0 saturated heterocycles. The zero-order chi connectivity index (χ0) is 23.6. The van der Waals surface area contributed by atoms with E-state index in [2.05, 4.69) is 15.0 Å². The maximum atomic E-state index is 13.1. The first-order valence-corrected chi connectivity index (χ1v) is 11.9. The first kappa shape index (κ1) is 22.8. The lowest BCUT2D eigenvalue weighted by Gasteiger charge is -2.12. The van der Waals surface area contributed by atoms with Gasteiger partial charge in [-0.25, -0.2) is 17.8 Å². The highest BCUT2D eigenvalue weighted by Crippen LogP contribution is 2.26. The number of anilines is 1. The Hall–Kier alpha value is -3.43. The van der Waals surface area contributed by atoms with Crippen LogP contribution < -0.4 is 10.0 Å². The number of benzene rings is 3. The molecule has 0 saturated carbocycles. The summed E-state index contributed by atoms with van der Waals surface area (Å²) < 4.78 is 42.7. The number of halogens is 2. The maximum Gasteiger partial charge on any atom is 0.261 e. The molecule has 1 aromatic heterocycles. The summed E-state index contributed by atoms with van der Waals surface area (Å²) in [4.78, 5) is 17.2. The van der Waals surface area contributed by atoms with Gasteiger partial charge in [0.05, 0.1) is 33.2 Å². The molecule has 0 aliphatic rings. The Bertz CT molecular complexity index is 1440. The number of aryl methyl sites for hydroxylation is 1. The third kappa shape index (κ3) is 4.84. The summed E-state index contributed by atoms with van der Waals surface area (Å²) in [6.45, 7) is 2.89. The van der Waals surface area contributed by atoms with Gasteiger partial charge in [0.15, 0.2) is 0 Å². The van der Waals surface area contributed by atoms with Crippen LogP contribution in [0, 0.1) is 5.82 Å². The third-order valence-electron chi connectivity index (χ3n) is 5.05. The van der Waals surface area contributed by atoms with Gasteiger partial charge in [0.2, 0.25) is 0 Å². The van der Waals surface area contributed by atoms with E-state index in [1.54, 1.807) is 0 Å². The van der Waals surface area contributed by atoms with E-state index in [0.29, 0.717) is 12.4 Å². The van der Waals surface area contributed by atoms with Crippen LogP contribution in [0.3, 0.4) is 0 Å². The summed E-state index contributed by atoms with van der Waals surface area (Å²) in [7, 11) is -4.02. The van der Waals surface area contributed by atoms with Gasteiger partial charge in [0.1, 0.15) is 11.6 Å². The molecule has 2 N–H and O–H groups in total. The molecule has 0 aliphatic heterocycles. The number of hydrogen-bond donors (Lipinski definition) is 2. The number of imidazole rings is 1. The Balaban J connectivity index is 1.53. The molecule has 0 aliphatic carbocycles. The van der Waals surface area contributed by atoms with Crippen molar-refractivity contribution < 1.29 is 17.6 Å². The van der Waals surface area contributed by atoms with Gasteiger partial charge in [0.25, 0.3) is 15.9 Å². The Morgan fingerprint density at radius 3 is 2.55 bits per heavy atom. The summed E-state index contributed by atoms with van der Waals surface area (Å²) in [6.07, 6.45) is 0. The van der Waals surface area contributed by atoms with Gasteiger partial charge in [0, 0.05) is 12.1 Å². The highest BCUT2D eigenvalue weighted by atomic mass is 35.5. The molecule has 170 valence electrons. The second-order valence-corrected chi connectivity index (χ2v) is 9.29. The van der Waals surface area contributed by atoms with Crippen molar-refractivity contribution >= 4 is 44.3 Å². The Kier molecular flexibility index (Phi) is 6.35. The summed E-state index contributed by atoms with van der Waals surface area (Å²) in [5, 5.41) is 2.93. The number of nitrogens with zero attached hydrogens (tertiary/aromatic N) is 2. The molecule has 0 bridgehead atoms. The van der Waals surface area contributed by atoms with Crippen LogP contribution in [-0.4, -0.2) is 23.9 Å². The molecular formula is C23H20ClFN4O3S. The lowest BCUT2D eigenvalue weighted by molar-refractivity contribution is 0.0949. The molecular weight excluding hydrogens is 467 g/mol. The molecule has 0 fully saturated rings. The van der Waals surface area contributed by atoms with E-state index in [1.807, 2.05) is 35.8 Å². The fourth-order valence-electron chi connectivity index (χ4n) is 3.44. The summed E-state index contributed by atoms with van der Waals surface area (Å²) >= 11 is 6.15. The van der Waals surface area contributed by atoms with E-state index in [9.17, 15) is 17.6 Å². The number of nitrogens with one attached hydrogen (secondary N) is 2. The molecule has 33 heavy (non-hydrogen) atoms. The number of aromatic nitrogens is 2. The van der Waals surface area contributed by atoms with Gasteiger partial charge in [-0.2, -0.15) is 0 Å². The quantitative estimate of drug-likeness (QED) is 0.400. The Morgan fingerprint density at radius 2 is 1.82 bits per heavy atom. The minimum absolute atomic E-state index is 0.0365. The zero-order valence-corrected chi connectivity index (χ0v) is 19.1. The van der Waals surface area contributed by atoms with Crippen LogP contribution in [0.1, 0.15) is 23.1 Å². The van der Waals surface area contributed by atoms with Gasteiger partial charge < -0.3 is 9.88 Å². The molecule has 0 spiro atoms. The average Bonchev–Trinajstić information content (AvgIpc) is 3.16. The van der Waals surface area contributed by atoms with Crippen molar-refractivity contribution in [1.82, 2.24) is 14.9 Å². The van der Waals surface area contributed by atoms with Crippen molar-refractivity contribution in [3.8, 4) is 0 Å².